The fourth-order valence-electron chi connectivity index (χ4n) is 2.05. The van der Waals surface area contributed by atoms with Crippen LogP contribution in [0.1, 0.15) is 12.0 Å². The average molecular weight is 278 g/mol. The molecule has 1 aromatic rings. The predicted molar refractivity (Wildman–Crippen MR) is 70.6 cm³/mol. The Morgan fingerprint density at radius 3 is 2.95 bits per heavy atom. The lowest BCUT2D eigenvalue weighted by Gasteiger charge is -2.32. The van der Waals surface area contributed by atoms with Gasteiger partial charge in [0.1, 0.15) is 12.8 Å². The van der Waals surface area contributed by atoms with Crippen LogP contribution < -0.4 is 0 Å². The number of piperidine rings is 1. The molecular formula is C13H15FN4O2. The first-order valence-electron chi connectivity index (χ1n) is 6.34. The van der Waals surface area contributed by atoms with Gasteiger partial charge in [-0.05, 0) is 17.5 Å². The van der Waals surface area contributed by atoms with E-state index < -0.39 is 18.3 Å². The summed E-state index contributed by atoms with van der Waals surface area (Å²) >= 11 is 0. The molecular weight excluding hydrogens is 263 g/mol. The van der Waals surface area contributed by atoms with Crippen molar-refractivity contribution in [1.29, 1.82) is 0 Å². The van der Waals surface area contributed by atoms with E-state index in [-0.39, 0.29) is 26.1 Å². The van der Waals surface area contributed by atoms with Crippen LogP contribution in [0.2, 0.25) is 0 Å². The van der Waals surface area contributed by atoms with Crippen molar-refractivity contribution < 1.29 is 13.9 Å². The highest BCUT2D eigenvalue weighted by Crippen LogP contribution is 2.18. The zero-order chi connectivity index (χ0) is 14.4. The Morgan fingerprint density at radius 1 is 1.50 bits per heavy atom. The number of halogens is 1. The fraction of sp³-hybridized carbons (Fsp3) is 0.462. The van der Waals surface area contributed by atoms with E-state index in [1.165, 1.54) is 4.90 Å². The molecule has 0 radical (unpaired) electrons. The average Bonchev–Trinajstić information content (AvgIpc) is 2.48. The first kappa shape index (κ1) is 14.1. The molecule has 1 aliphatic heterocycles. The van der Waals surface area contributed by atoms with Gasteiger partial charge in [0.25, 0.3) is 0 Å². The second kappa shape index (κ2) is 6.77. The molecule has 0 N–H and O–H groups in total. The number of hydrogen-bond donors (Lipinski definition) is 0. The number of hydrogen-bond acceptors (Lipinski definition) is 3. The third-order valence-corrected chi connectivity index (χ3v) is 3.16. The summed E-state index contributed by atoms with van der Waals surface area (Å²) in [6.07, 6.45) is -1.56. The van der Waals surface area contributed by atoms with Gasteiger partial charge in [0, 0.05) is 18.0 Å². The second-order valence-electron chi connectivity index (χ2n) is 4.56. The van der Waals surface area contributed by atoms with E-state index in [0.717, 1.165) is 5.56 Å². The topological polar surface area (TPSA) is 78.3 Å². The molecule has 0 spiro atoms. The number of ether oxygens (including phenoxy) is 1. The fourth-order valence-corrected chi connectivity index (χ4v) is 2.05. The highest BCUT2D eigenvalue weighted by atomic mass is 19.1. The van der Waals surface area contributed by atoms with Crippen LogP contribution >= 0.6 is 0 Å². The van der Waals surface area contributed by atoms with Crippen molar-refractivity contribution in [1.82, 2.24) is 4.90 Å². The molecule has 6 nitrogen and oxygen atoms in total. The summed E-state index contributed by atoms with van der Waals surface area (Å²) in [5, 5.41) is 3.37. The van der Waals surface area contributed by atoms with Crippen LogP contribution in [-0.4, -0.2) is 36.3 Å². The van der Waals surface area contributed by atoms with Crippen molar-refractivity contribution in [2.75, 3.05) is 13.1 Å². The van der Waals surface area contributed by atoms with Crippen LogP contribution in [0.4, 0.5) is 9.18 Å². The Labute approximate surface area is 115 Å². The number of carbonyl (C=O) groups excluding carboxylic acids is 1. The van der Waals surface area contributed by atoms with E-state index in [0.29, 0.717) is 0 Å². The number of azide groups is 1. The second-order valence-corrected chi connectivity index (χ2v) is 4.56. The summed E-state index contributed by atoms with van der Waals surface area (Å²) in [5.74, 6) is 0. The molecule has 1 amide bonds. The molecule has 20 heavy (non-hydrogen) atoms. The van der Waals surface area contributed by atoms with Gasteiger partial charge in [0.2, 0.25) is 0 Å². The summed E-state index contributed by atoms with van der Waals surface area (Å²) in [4.78, 5) is 15.9. The smallest absolute Gasteiger partial charge is 0.410 e. The zero-order valence-electron chi connectivity index (χ0n) is 10.9. The van der Waals surface area contributed by atoms with Crippen LogP contribution in [0.25, 0.3) is 10.4 Å². The maximum atomic E-state index is 13.5. The maximum absolute atomic E-state index is 13.5. The molecule has 1 aliphatic rings. The standard InChI is InChI=1S/C13H15FN4O2/c14-11-6-7-18(8-12(11)16-17-15)13(19)20-9-10-4-2-1-3-5-10/h1-5,11-12H,6-9H2. The Kier molecular flexibility index (Phi) is 4.79. The first-order chi connectivity index (χ1) is 9.70. The molecule has 1 saturated heterocycles. The molecule has 0 saturated carbocycles. The predicted octanol–water partition coefficient (Wildman–Crippen LogP) is 3.05. The SMILES string of the molecule is [N-]=[N+]=NC1CN(C(=O)OCc2ccccc2)CCC1F. The van der Waals surface area contributed by atoms with Crippen LogP contribution in [-0.2, 0) is 11.3 Å². The zero-order valence-corrected chi connectivity index (χ0v) is 10.9. The van der Waals surface area contributed by atoms with Crippen molar-refractivity contribution in [3.8, 4) is 0 Å². The van der Waals surface area contributed by atoms with Crippen LogP contribution in [0.5, 0.6) is 0 Å². The molecule has 0 aliphatic carbocycles. The van der Waals surface area contributed by atoms with E-state index in [2.05, 4.69) is 10.0 Å². The highest BCUT2D eigenvalue weighted by molar-refractivity contribution is 5.67. The lowest BCUT2D eigenvalue weighted by atomic mass is 10.1. The van der Waals surface area contributed by atoms with Crippen molar-refractivity contribution >= 4 is 6.09 Å². The number of likely N-dealkylation sites (tertiary alicyclic amines) is 1. The maximum Gasteiger partial charge on any atom is 0.410 e. The Hall–Kier alpha value is -2.27. The van der Waals surface area contributed by atoms with Gasteiger partial charge in [-0.2, -0.15) is 0 Å². The molecule has 7 heteroatoms. The summed E-state index contributed by atoms with van der Waals surface area (Å²) in [5.41, 5.74) is 9.25. The third kappa shape index (κ3) is 3.61. The quantitative estimate of drug-likeness (QED) is 0.484. The lowest BCUT2D eigenvalue weighted by molar-refractivity contribution is 0.0704. The number of alkyl halides is 1. The molecule has 0 aromatic heterocycles. The minimum Gasteiger partial charge on any atom is -0.445 e. The van der Waals surface area contributed by atoms with E-state index in [4.69, 9.17) is 10.3 Å². The molecule has 106 valence electrons. The van der Waals surface area contributed by atoms with E-state index in [9.17, 15) is 9.18 Å². The van der Waals surface area contributed by atoms with Crippen molar-refractivity contribution in [3.05, 3.63) is 46.3 Å². The summed E-state index contributed by atoms with van der Waals surface area (Å²) < 4.78 is 18.6. The van der Waals surface area contributed by atoms with E-state index >= 15 is 0 Å². The largest absolute Gasteiger partial charge is 0.445 e. The minimum atomic E-state index is -1.20. The van der Waals surface area contributed by atoms with Gasteiger partial charge in [-0.25, -0.2) is 9.18 Å². The lowest BCUT2D eigenvalue weighted by Crippen LogP contribution is -2.46. The highest BCUT2D eigenvalue weighted by Gasteiger charge is 2.31. The number of amides is 1. The number of rotatable bonds is 3. The molecule has 1 aromatic carbocycles. The van der Waals surface area contributed by atoms with Crippen LogP contribution in [0.15, 0.2) is 35.4 Å². The van der Waals surface area contributed by atoms with Crippen LogP contribution in [0.3, 0.4) is 0 Å². The van der Waals surface area contributed by atoms with Gasteiger partial charge in [-0.1, -0.05) is 35.4 Å². The van der Waals surface area contributed by atoms with Crippen molar-refractivity contribution in [3.63, 3.8) is 0 Å². The van der Waals surface area contributed by atoms with Gasteiger partial charge >= 0.3 is 6.09 Å². The molecule has 0 bridgehead atoms. The minimum absolute atomic E-state index is 0.0544. The Balaban J connectivity index is 1.88. The van der Waals surface area contributed by atoms with Crippen LogP contribution in [0, 0.1) is 0 Å². The summed E-state index contributed by atoms with van der Waals surface area (Å²) in [7, 11) is 0. The normalized spacial score (nSPS) is 21.9. The number of carbonyl (C=O) groups is 1. The molecule has 2 rings (SSSR count). The Bertz CT molecular complexity index is 504. The number of nitrogens with zero attached hydrogens (tertiary/aromatic N) is 4. The first-order valence-corrected chi connectivity index (χ1v) is 6.34. The number of benzene rings is 1. The third-order valence-electron chi connectivity index (χ3n) is 3.16. The van der Waals surface area contributed by atoms with Gasteiger partial charge < -0.3 is 9.64 Å². The van der Waals surface area contributed by atoms with Gasteiger partial charge in [0.05, 0.1) is 6.04 Å². The van der Waals surface area contributed by atoms with E-state index in [1.807, 2.05) is 30.3 Å². The molecule has 2 unspecified atom stereocenters. The molecule has 1 heterocycles. The van der Waals surface area contributed by atoms with Crippen molar-refractivity contribution in [2.45, 2.75) is 25.2 Å². The van der Waals surface area contributed by atoms with Gasteiger partial charge in [-0.15, -0.1) is 0 Å². The molecule has 1 fully saturated rings. The summed E-state index contributed by atoms with van der Waals surface area (Å²) in [6.45, 7) is 0.493. The van der Waals surface area contributed by atoms with E-state index in [1.54, 1.807) is 0 Å². The Morgan fingerprint density at radius 2 is 2.25 bits per heavy atom. The van der Waals surface area contributed by atoms with Gasteiger partial charge in [0.15, 0.2) is 0 Å². The molecule has 2 atom stereocenters. The monoisotopic (exact) mass is 278 g/mol. The van der Waals surface area contributed by atoms with Gasteiger partial charge in [-0.3, -0.25) is 0 Å². The van der Waals surface area contributed by atoms with Crippen molar-refractivity contribution in [2.24, 2.45) is 5.11 Å². The summed E-state index contributed by atoms with van der Waals surface area (Å²) in [6, 6.07) is 8.46.